The number of likely N-dealkylation sites (N-methyl/N-ethyl adjacent to an activating group) is 1. The third-order valence-electron chi connectivity index (χ3n) is 5.90. The number of hydrogen-bond acceptors (Lipinski definition) is 8. The fourth-order valence-corrected chi connectivity index (χ4v) is 5.38. The molecule has 2 fully saturated rings. The molecule has 176 valence electrons. The molecule has 2 saturated heterocycles. The van der Waals surface area contributed by atoms with E-state index in [1.165, 1.54) is 16.7 Å². The van der Waals surface area contributed by atoms with Gasteiger partial charge in [0.2, 0.25) is 0 Å². The zero-order valence-electron chi connectivity index (χ0n) is 19.3. The van der Waals surface area contributed by atoms with Gasteiger partial charge in [-0.05, 0) is 44.7 Å². The van der Waals surface area contributed by atoms with Crippen LogP contribution in [0.25, 0.3) is 6.08 Å². The van der Waals surface area contributed by atoms with Crippen molar-refractivity contribution in [3.8, 4) is 6.07 Å². The van der Waals surface area contributed by atoms with Gasteiger partial charge < -0.3 is 9.64 Å². The Labute approximate surface area is 203 Å². The maximum absolute atomic E-state index is 13.3. The topological polar surface area (TPSA) is 95.6 Å². The van der Waals surface area contributed by atoms with E-state index in [0.717, 1.165) is 6.42 Å². The summed E-state index contributed by atoms with van der Waals surface area (Å²) in [5, 5.41) is 9.73. The average Bonchev–Trinajstić information content (AvgIpc) is 3.04. The first-order valence-corrected chi connectivity index (χ1v) is 12.3. The zero-order chi connectivity index (χ0) is 24.3. The molecule has 1 amide bonds. The van der Waals surface area contributed by atoms with E-state index in [0.29, 0.717) is 65.3 Å². The van der Waals surface area contributed by atoms with Gasteiger partial charge in [-0.25, -0.2) is 0 Å². The normalized spacial score (nSPS) is 19.8. The highest BCUT2D eigenvalue weighted by atomic mass is 32.2. The Kier molecular flexibility index (Phi) is 7.97. The Morgan fingerprint density at radius 1 is 1.36 bits per heavy atom. The minimum Gasteiger partial charge on any atom is -0.466 e. The van der Waals surface area contributed by atoms with Gasteiger partial charge in [-0.15, -0.1) is 0 Å². The molecule has 1 aromatic rings. The number of ether oxygens (including phenoxy) is 1. The van der Waals surface area contributed by atoms with Gasteiger partial charge in [-0.1, -0.05) is 30.9 Å². The van der Waals surface area contributed by atoms with Gasteiger partial charge in [0.15, 0.2) is 0 Å². The van der Waals surface area contributed by atoms with E-state index in [4.69, 9.17) is 17.0 Å². The number of nitrogens with zero attached hydrogens (tertiary/aromatic N) is 4. The molecule has 0 aliphatic carbocycles. The second-order valence-electron chi connectivity index (χ2n) is 8.08. The van der Waals surface area contributed by atoms with Crippen molar-refractivity contribution in [1.29, 1.82) is 5.26 Å². The number of amides is 1. The summed E-state index contributed by atoms with van der Waals surface area (Å²) in [5.74, 6) is -0.134. The second kappa shape index (κ2) is 10.5. The second-order valence-corrected chi connectivity index (χ2v) is 9.76. The van der Waals surface area contributed by atoms with Crippen molar-refractivity contribution < 1.29 is 14.3 Å². The summed E-state index contributed by atoms with van der Waals surface area (Å²) in [6.07, 6.45) is 3.90. The first-order chi connectivity index (χ1) is 15.7. The molecule has 10 heteroatoms. The number of carbonyl (C=O) groups excluding carboxylic acids is 2. The monoisotopic (exact) mass is 488 g/mol. The van der Waals surface area contributed by atoms with E-state index < -0.39 is 0 Å². The number of piperidine rings is 1. The highest BCUT2D eigenvalue weighted by molar-refractivity contribution is 8.26. The molecule has 0 saturated carbocycles. The number of thioether (sulfide) groups is 1. The standard InChI is InChI=1S/C23H28N4O4S2/c1-5-9-27-19(26-10-7-8-15(13-26)22(30)31-6-2)16(14(3)17(12-24)20(27)28)11-18-21(29)25(4)23(32)33-18/h11,15H,5-10,13H2,1-4H3. The summed E-state index contributed by atoms with van der Waals surface area (Å²) in [6, 6.07) is 2.05. The number of nitriles is 1. The lowest BCUT2D eigenvalue weighted by molar-refractivity contribution is -0.148. The van der Waals surface area contributed by atoms with Gasteiger partial charge in [0.25, 0.3) is 11.5 Å². The summed E-state index contributed by atoms with van der Waals surface area (Å²) in [5.41, 5.74) is 0.859. The minimum atomic E-state index is -0.356. The van der Waals surface area contributed by atoms with Crippen LogP contribution in [0.1, 0.15) is 49.8 Å². The van der Waals surface area contributed by atoms with E-state index in [1.807, 2.05) is 17.9 Å². The molecule has 0 aromatic carbocycles. The quantitative estimate of drug-likeness (QED) is 0.343. The summed E-state index contributed by atoms with van der Waals surface area (Å²) in [6.45, 7) is 7.26. The molecule has 2 aliphatic rings. The third kappa shape index (κ3) is 4.84. The van der Waals surface area contributed by atoms with Crippen LogP contribution >= 0.6 is 24.0 Å². The lowest BCUT2D eigenvalue weighted by atomic mass is 9.96. The SMILES string of the molecule is CCCn1c(N2CCCC(C(=O)OCC)C2)c(C=C2SC(=S)N(C)C2=O)c(C)c(C#N)c1=O. The van der Waals surface area contributed by atoms with Crippen LogP contribution in [0.5, 0.6) is 0 Å². The van der Waals surface area contributed by atoms with E-state index in [9.17, 15) is 19.6 Å². The van der Waals surface area contributed by atoms with Crippen LogP contribution in [0.3, 0.4) is 0 Å². The van der Waals surface area contributed by atoms with Gasteiger partial charge >= 0.3 is 5.97 Å². The Bertz CT molecular complexity index is 1120. The highest BCUT2D eigenvalue weighted by Crippen LogP contribution is 2.36. The Morgan fingerprint density at radius 2 is 2.09 bits per heavy atom. The van der Waals surface area contributed by atoms with E-state index >= 15 is 0 Å². The number of aromatic nitrogens is 1. The van der Waals surface area contributed by atoms with Crippen molar-refractivity contribution in [3.05, 3.63) is 31.9 Å². The van der Waals surface area contributed by atoms with E-state index in [-0.39, 0.29) is 28.9 Å². The number of esters is 1. The zero-order valence-corrected chi connectivity index (χ0v) is 21.0. The van der Waals surface area contributed by atoms with E-state index in [2.05, 4.69) is 0 Å². The van der Waals surface area contributed by atoms with Gasteiger partial charge in [0.05, 0.1) is 17.4 Å². The number of anilines is 1. The molecule has 0 bridgehead atoms. The maximum Gasteiger partial charge on any atom is 0.310 e. The van der Waals surface area contributed by atoms with Crippen molar-refractivity contribution in [2.75, 3.05) is 31.6 Å². The summed E-state index contributed by atoms with van der Waals surface area (Å²) in [7, 11) is 1.62. The molecule has 0 radical (unpaired) electrons. The van der Waals surface area contributed by atoms with Crippen LogP contribution < -0.4 is 10.5 Å². The molecular weight excluding hydrogens is 460 g/mol. The van der Waals surface area contributed by atoms with Gasteiger partial charge in [-0.3, -0.25) is 23.9 Å². The predicted octanol–water partition coefficient (Wildman–Crippen LogP) is 3.05. The molecule has 1 unspecified atom stereocenters. The number of carbonyl (C=O) groups is 2. The van der Waals surface area contributed by atoms with Crippen LogP contribution in [0.15, 0.2) is 9.70 Å². The molecule has 1 atom stereocenters. The van der Waals surface area contributed by atoms with E-state index in [1.54, 1.807) is 31.5 Å². The van der Waals surface area contributed by atoms with Crippen LogP contribution in [0.2, 0.25) is 0 Å². The first-order valence-electron chi connectivity index (χ1n) is 11.1. The van der Waals surface area contributed by atoms with Gasteiger partial charge in [-0.2, -0.15) is 5.26 Å². The summed E-state index contributed by atoms with van der Waals surface area (Å²) < 4.78 is 7.31. The Hall–Kier alpha value is -2.64. The third-order valence-corrected chi connectivity index (χ3v) is 7.38. The molecule has 3 heterocycles. The first kappa shape index (κ1) is 25.0. The summed E-state index contributed by atoms with van der Waals surface area (Å²) in [4.78, 5) is 42.3. The molecule has 0 spiro atoms. The molecular formula is C23H28N4O4S2. The molecule has 0 N–H and O–H groups in total. The molecule has 33 heavy (non-hydrogen) atoms. The average molecular weight is 489 g/mol. The number of rotatable bonds is 6. The number of hydrogen-bond donors (Lipinski definition) is 0. The van der Waals surface area contributed by atoms with Gasteiger partial charge in [0.1, 0.15) is 21.8 Å². The molecule has 2 aliphatic heterocycles. The molecule has 1 aromatic heterocycles. The van der Waals surface area contributed by atoms with Crippen molar-refractivity contribution >= 4 is 52.1 Å². The number of thiocarbonyl (C=S) groups is 1. The van der Waals surface area contributed by atoms with Crippen molar-refractivity contribution in [3.63, 3.8) is 0 Å². The molecule has 8 nitrogen and oxygen atoms in total. The predicted molar refractivity (Wildman–Crippen MR) is 133 cm³/mol. The van der Waals surface area contributed by atoms with Crippen molar-refractivity contribution in [2.24, 2.45) is 5.92 Å². The fourth-order valence-electron chi connectivity index (χ4n) is 4.21. The Morgan fingerprint density at radius 3 is 2.67 bits per heavy atom. The molecule has 3 rings (SSSR count). The Balaban J connectivity index is 2.22. The van der Waals surface area contributed by atoms with Crippen LogP contribution in [-0.4, -0.2) is 52.4 Å². The maximum atomic E-state index is 13.3. The van der Waals surface area contributed by atoms with Crippen molar-refractivity contribution in [1.82, 2.24) is 9.47 Å². The lowest BCUT2D eigenvalue weighted by Gasteiger charge is -2.36. The largest absolute Gasteiger partial charge is 0.466 e. The highest BCUT2D eigenvalue weighted by Gasteiger charge is 2.33. The van der Waals surface area contributed by atoms with Crippen molar-refractivity contribution in [2.45, 2.75) is 46.6 Å². The van der Waals surface area contributed by atoms with Gasteiger partial charge in [0, 0.05) is 32.2 Å². The summed E-state index contributed by atoms with van der Waals surface area (Å²) >= 11 is 6.46. The lowest BCUT2D eigenvalue weighted by Crippen LogP contribution is -2.43. The van der Waals surface area contributed by atoms with Crippen LogP contribution in [-0.2, 0) is 20.9 Å². The van der Waals surface area contributed by atoms with Crippen LogP contribution in [0.4, 0.5) is 5.82 Å². The fraction of sp³-hybridized carbons (Fsp3) is 0.522. The smallest absolute Gasteiger partial charge is 0.310 e. The minimum absolute atomic E-state index is 0.0596. The number of pyridine rings is 1. The van der Waals surface area contributed by atoms with Crippen LogP contribution in [0, 0.1) is 24.2 Å².